The average Bonchev–Trinajstić information content (AvgIpc) is 2.22. The first-order valence-electron chi connectivity index (χ1n) is 4.81. The highest BCUT2D eigenvalue weighted by molar-refractivity contribution is 8.23. The van der Waals surface area contributed by atoms with Gasteiger partial charge in [0.05, 0.1) is 18.7 Å². The molecule has 0 amide bonds. The van der Waals surface area contributed by atoms with E-state index in [-0.39, 0.29) is 5.25 Å². The lowest BCUT2D eigenvalue weighted by atomic mass is 10.1. The van der Waals surface area contributed by atoms with E-state index in [1.807, 2.05) is 6.92 Å². The van der Waals surface area contributed by atoms with Crippen LogP contribution < -0.4 is 0 Å². The fourth-order valence-electron chi connectivity index (χ4n) is 1.00. The lowest BCUT2D eigenvalue weighted by Crippen LogP contribution is -2.08. The molecule has 0 aromatic heterocycles. The topological polar surface area (TPSA) is 56.8 Å². The molecule has 0 bridgehead atoms. The Labute approximate surface area is 100 Å². The van der Waals surface area contributed by atoms with Crippen molar-refractivity contribution >= 4 is 28.4 Å². The van der Waals surface area contributed by atoms with Crippen LogP contribution in [0.3, 0.4) is 0 Å². The SMILES string of the molecule is CCOC(=S)SC(CCC#N)CCC#N. The van der Waals surface area contributed by atoms with Gasteiger partial charge in [0, 0.05) is 18.1 Å². The lowest BCUT2D eigenvalue weighted by molar-refractivity contribution is 0.346. The molecule has 5 heteroatoms. The van der Waals surface area contributed by atoms with Gasteiger partial charge in [-0.15, -0.1) is 0 Å². The van der Waals surface area contributed by atoms with E-state index in [0.717, 1.165) is 12.8 Å². The Bertz CT molecular complexity index is 250. The molecule has 0 spiro atoms. The Morgan fingerprint density at radius 1 is 1.33 bits per heavy atom. The van der Waals surface area contributed by atoms with Crippen LogP contribution in [0.25, 0.3) is 0 Å². The minimum absolute atomic E-state index is 0.225. The van der Waals surface area contributed by atoms with Crippen molar-refractivity contribution < 1.29 is 4.74 Å². The van der Waals surface area contributed by atoms with E-state index in [2.05, 4.69) is 12.1 Å². The van der Waals surface area contributed by atoms with Crippen LogP contribution in [0.5, 0.6) is 0 Å². The Kier molecular flexibility index (Phi) is 9.26. The van der Waals surface area contributed by atoms with Gasteiger partial charge in [0.25, 0.3) is 0 Å². The summed E-state index contributed by atoms with van der Waals surface area (Å²) in [5.74, 6) is 0. The van der Waals surface area contributed by atoms with Crippen molar-refractivity contribution in [2.75, 3.05) is 6.61 Å². The van der Waals surface area contributed by atoms with Crippen molar-refractivity contribution in [3.05, 3.63) is 0 Å². The van der Waals surface area contributed by atoms with Crippen molar-refractivity contribution in [1.29, 1.82) is 10.5 Å². The van der Waals surface area contributed by atoms with E-state index in [9.17, 15) is 0 Å². The number of rotatable bonds is 6. The van der Waals surface area contributed by atoms with Gasteiger partial charge in [-0.25, -0.2) is 0 Å². The number of thioether (sulfide) groups is 1. The highest BCUT2D eigenvalue weighted by Gasteiger charge is 2.12. The monoisotopic (exact) mass is 242 g/mol. The van der Waals surface area contributed by atoms with Gasteiger partial charge in [0.2, 0.25) is 4.38 Å². The van der Waals surface area contributed by atoms with Crippen molar-refractivity contribution in [3.8, 4) is 12.1 Å². The Morgan fingerprint density at radius 2 is 1.87 bits per heavy atom. The maximum atomic E-state index is 8.49. The quantitative estimate of drug-likeness (QED) is 0.670. The molecule has 0 unspecified atom stereocenters. The normalized spacial score (nSPS) is 9.33. The van der Waals surface area contributed by atoms with E-state index in [1.165, 1.54) is 11.8 Å². The zero-order valence-corrected chi connectivity index (χ0v) is 10.4. The van der Waals surface area contributed by atoms with Gasteiger partial charge in [-0.2, -0.15) is 10.5 Å². The maximum Gasteiger partial charge on any atom is 0.220 e. The summed E-state index contributed by atoms with van der Waals surface area (Å²) in [5.41, 5.74) is 0. The Morgan fingerprint density at radius 3 is 2.27 bits per heavy atom. The van der Waals surface area contributed by atoms with Gasteiger partial charge in [0.1, 0.15) is 0 Å². The molecular weight excluding hydrogens is 228 g/mol. The third-order valence-electron chi connectivity index (χ3n) is 1.68. The van der Waals surface area contributed by atoms with Crippen LogP contribution in [0.15, 0.2) is 0 Å². The molecular formula is C10H14N2OS2. The van der Waals surface area contributed by atoms with Crippen LogP contribution in [0.2, 0.25) is 0 Å². The van der Waals surface area contributed by atoms with Crippen molar-refractivity contribution in [1.82, 2.24) is 0 Å². The first-order valence-corrected chi connectivity index (χ1v) is 6.10. The van der Waals surface area contributed by atoms with Crippen LogP contribution in [-0.2, 0) is 4.74 Å². The lowest BCUT2D eigenvalue weighted by Gasteiger charge is -2.13. The second-order valence-corrected chi connectivity index (χ2v) is 4.72. The summed E-state index contributed by atoms with van der Waals surface area (Å²) in [4.78, 5) is 0. The van der Waals surface area contributed by atoms with Gasteiger partial charge in [-0.3, -0.25) is 0 Å². The van der Waals surface area contributed by atoms with E-state index in [4.69, 9.17) is 27.5 Å². The number of nitriles is 2. The number of hydrogen-bond acceptors (Lipinski definition) is 5. The average molecular weight is 242 g/mol. The molecule has 82 valence electrons. The summed E-state index contributed by atoms with van der Waals surface area (Å²) in [7, 11) is 0. The van der Waals surface area contributed by atoms with Crippen molar-refractivity contribution in [2.45, 2.75) is 37.9 Å². The molecule has 0 heterocycles. The van der Waals surface area contributed by atoms with Crippen molar-refractivity contribution in [3.63, 3.8) is 0 Å². The molecule has 0 aromatic rings. The van der Waals surface area contributed by atoms with Gasteiger partial charge < -0.3 is 4.74 Å². The number of thiocarbonyl (C=S) groups is 1. The molecule has 0 aliphatic carbocycles. The second kappa shape index (κ2) is 9.76. The number of ether oxygens (including phenoxy) is 1. The van der Waals surface area contributed by atoms with E-state index in [1.54, 1.807) is 0 Å². The molecule has 0 saturated heterocycles. The van der Waals surface area contributed by atoms with Crippen molar-refractivity contribution in [2.24, 2.45) is 0 Å². The van der Waals surface area contributed by atoms with Gasteiger partial charge >= 0.3 is 0 Å². The maximum absolute atomic E-state index is 8.49. The molecule has 15 heavy (non-hydrogen) atoms. The summed E-state index contributed by atoms with van der Waals surface area (Å²) in [6.45, 7) is 2.45. The molecule has 0 saturated carbocycles. The standard InChI is InChI=1S/C10H14N2OS2/c1-2-13-10(14)15-9(5-3-7-11)6-4-8-12/h9H,2-6H2,1H3. The minimum Gasteiger partial charge on any atom is -0.479 e. The fourth-order valence-corrected chi connectivity index (χ4v) is 2.46. The molecule has 0 rings (SSSR count). The van der Waals surface area contributed by atoms with Crippen LogP contribution in [0, 0.1) is 22.7 Å². The summed E-state index contributed by atoms with van der Waals surface area (Å²) in [6.07, 6.45) is 2.52. The Balaban J connectivity index is 3.95. The number of hydrogen-bond donors (Lipinski definition) is 0. The third kappa shape index (κ3) is 8.23. The highest BCUT2D eigenvalue weighted by Crippen LogP contribution is 2.23. The summed E-state index contributed by atoms with van der Waals surface area (Å²) in [5, 5.41) is 17.2. The molecule has 0 aliphatic rings. The zero-order valence-electron chi connectivity index (χ0n) is 8.73. The summed E-state index contributed by atoms with van der Waals surface area (Å²) >= 11 is 6.46. The first-order chi connectivity index (χ1) is 7.24. The van der Waals surface area contributed by atoms with E-state index >= 15 is 0 Å². The smallest absolute Gasteiger partial charge is 0.220 e. The summed E-state index contributed by atoms with van der Waals surface area (Å²) in [6, 6.07) is 4.20. The highest BCUT2D eigenvalue weighted by atomic mass is 32.2. The number of nitrogens with zero attached hydrogens (tertiary/aromatic N) is 2. The van der Waals surface area contributed by atoms with Gasteiger partial charge in [-0.1, -0.05) is 11.8 Å². The Hall–Kier alpha value is -0.780. The minimum atomic E-state index is 0.225. The molecule has 0 atom stereocenters. The summed E-state index contributed by atoms with van der Waals surface area (Å²) < 4.78 is 5.67. The van der Waals surface area contributed by atoms with Crippen LogP contribution >= 0.6 is 24.0 Å². The zero-order chi connectivity index (χ0) is 11.5. The van der Waals surface area contributed by atoms with E-state index in [0.29, 0.717) is 23.8 Å². The second-order valence-electron chi connectivity index (χ2n) is 2.82. The molecule has 0 aromatic carbocycles. The predicted octanol–water partition coefficient (Wildman–Crippen LogP) is 3.02. The first kappa shape index (κ1) is 14.2. The van der Waals surface area contributed by atoms with Crippen LogP contribution in [0.4, 0.5) is 0 Å². The fraction of sp³-hybridized carbons (Fsp3) is 0.700. The molecule has 0 fully saturated rings. The predicted molar refractivity (Wildman–Crippen MR) is 65.3 cm³/mol. The molecule has 0 radical (unpaired) electrons. The molecule has 3 nitrogen and oxygen atoms in total. The van der Waals surface area contributed by atoms with Gasteiger partial charge in [0.15, 0.2) is 0 Å². The van der Waals surface area contributed by atoms with E-state index < -0.39 is 0 Å². The molecule has 0 N–H and O–H groups in total. The molecule has 0 aliphatic heterocycles. The van der Waals surface area contributed by atoms with Crippen LogP contribution in [0.1, 0.15) is 32.6 Å². The van der Waals surface area contributed by atoms with Crippen LogP contribution in [-0.4, -0.2) is 16.2 Å². The largest absolute Gasteiger partial charge is 0.479 e. The van der Waals surface area contributed by atoms with Gasteiger partial charge in [-0.05, 0) is 32.0 Å². The third-order valence-corrected chi connectivity index (χ3v) is 3.20.